The van der Waals surface area contributed by atoms with Gasteiger partial charge in [-0.2, -0.15) is 4.39 Å². The second-order valence-electron chi connectivity index (χ2n) is 6.67. The van der Waals surface area contributed by atoms with Crippen LogP contribution in [0.25, 0.3) is 0 Å². The highest BCUT2D eigenvalue weighted by Crippen LogP contribution is 2.50. The van der Waals surface area contributed by atoms with Gasteiger partial charge >= 0.3 is 0 Å². The molecule has 0 amide bonds. The van der Waals surface area contributed by atoms with E-state index >= 15 is 0 Å². The molecule has 0 aromatic heterocycles. The lowest BCUT2D eigenvalue weighted by atomic mass is 9.76. The van der Waals surface area contributed by atoms with Crippen molar-refractivity contribution in [2.45, 2.75) is 70.8 Å². The van der Waals surface area contributed by atoms with E-state index in [1.54, 1.807) is 6.07 Å². The first-order valence-electron chi connectivity index (χ1n) is 8.86. The van der Waals surface area contributed by atoms with Crippen molar-refractivity contribution >= 4 is 0 Å². The number of halogens is 1. The fourth-order valence-corrected chi connectivity index (χ4v) is 4.03. The zero-order valence-corrected chi connectivity index (χ0v) is 13.7. The van der Waals surface area contributed by atoms with Gasteiger partial charge in [0.2, 0.25) is 5.82 Å². The van der Waals surface area contributed by atoms with Crippen LogP contribution in [0, 0.1) is 11.7 Å². The minimum atomic E-state index is -0.309. The van der Waals surface area contributed by atoms with Gasteiger partial charge in [-0.05, 0) is 38.2 Å². The first-order chi connectivity index (χ1) is 10.7. The Hall–Kier alpha value is -1.25. The highest BCUT2D eigenvalue weighted by atomic mass is 19.1. The average molecular weight is 306 g/mol. The van der Waals surface area contributed by atoms with Crippen molar-refractivity contribution in [2.24, 2.45) is 5.92 Å². The number of benzene rings is 1. The van der Waals surface area contributed by atoms with Gasteiger partial charge in [0, 0.05) is 11.5 Å². The Kier molecular flexibility index (Phi) is 4.90. The molecule has 1 aromatic carbocycles. The first kappa shape index (κ1) is 15.6. The quantitative estimate of drug-likeness (QED) is 0.651. The SMILES string of the molecule is CCCCC[C@@H]1CC[C@H]2c3ccc(OCC)c(F)c3O[C@@H]2C1. The topological polar surface area (TPSA) is 18.5 Å². The van der Waals surface area contributed by atoms with Crippen molar-refractivity contribution < 1.29 is 13.9 Å². The van der Waals surface area contributed by atoms with Crippen LogP contribution in [0.1, 0.15) is 70.3 Å². The van der Waals surface area contributed by atoms with E-state index in [0.29, 0.717) is 24.0 Å². The molecule has 0 unspecified atom stereocenters. The van der Waals surface area contributed by atoms with Crippen LogP contribution in [0.15, 0.2) is 12.1 Å². The molecule has 3 atom stereocenters. The fraction of sp³-hybridized carbons (Fsp3) is 0.684. The molecule has 1 heterocycles. The number of hydrogen-bond donors (Lipinski definition) is 0. The number of fused-ring (bicyclic) bond motifs is 3. The highest BCUT2D eigenvalue weighted by molar-refractivity contribution is 5.48. The Bertz CT molecular complexity index is 514. The molecule has 22 heavy (non-hydrogen) atoms. The number of hydrogen-bond acceptors (Lipinski definition) is 2. The minimum absolute atomic E-state index is 0.168. The maximum atomic E-state index is 14.5. The van der Waals surface area contributed by atoms with E-state index in [0.717, 1.165) is 24.3 Å². The van der Waals surface area contributed by atoms with Crippen LogP contribution < -0.4 is 9.47 Å². The van der Waals surface area contributed by atoms with Crippen LogP contribution in [-0.2, 0) is 0 Å². The molecule has 0 spiro atoms. The van der Waals surface area contributed by atoms with Crippen LogP contribution in [-0.4, -0.2) is 12.7 Å². The van der Waals surface area contributed by atoms with E-state index in [-0.39, 0.29) is 11.9 Å². The first-order valence-corrected chi connectivity index (χ1v) is 8.86. The maximum Gasteiger partial charge on any atom is 0.207 e. The molecule has 1 aromatic rings. The minimum Gasteiger partial charge on any atom is -0.491 e. The summed E-state index contributed by atoms with van der Waals surface area (Å²) in [6.07, 6.45) is 8.82. The third-order valence-corrected chi connectivity index (χ3v) is 5.18. The predicted molar refractivity (Wildman–Crippen MR) is 86.2 cm³/mol. The highest BCUT2D eigenvalue weighted by Gasteiger charge is 2.41. The third-order valence-electron chi connectivity index (χ3n) is 5.18. The van der Waals surface area contributed by atoms with E-state index < -0.39 is 0 Å². The summed E-state index contributed by atoms with van der Waals surface area (Å²) >= 11 is 0. The second-order valence-corrected chi connectivity index (χ2v) is 6.67. The summed E-state index contributed by atoms with van der Waals surface area (Å²) in [4.78, 5) is 0. The molecular formula is C19H27FO2. The molecule has 0 N–H and O–H groups in total. The van der Waals surface area contributed by atoms with Gasteiger partial charge < -0.3 is 9.47 Å². The molecule has 2 nitrogen and oxygen atoms in total. The smallest absolute Gasteiger partial charge is 0.207 e. The molecule has 1 fully saturated rings. The lowest BCUT2D eigenvalue weighted by Crippen LogP contribution is -2.28. The zero-order chi connectivity index (χ0) is 15.5. The predicted octanol–water partition coefficient (Wildman–Crippen LogP) is 5.45. The lowest BCUT2D eigenvalue weighted by molar-refractivity contribution is 0.121. The normalized spacial score (nSPS) is 26.2. The van der Waals surface area contributed by atoms with Crippen LogP contribution in [0.3, 0.4) is 0 Å². The summed E-state index contributed by atoms with van der Waals surface area (Å²) in [6, 6.07) is 3.77. The monoisotopic (exact) mass is 306 g/mol. The van der Waals surface area contributed by atoms with Gasteiger partial charge in [-0.15, -0.1) is 0 Å². The van der Waals surface area contributed by atoms with E-state index in [9.17, 15) is 4.39 Å². The molecular weight excluding hydrogens is 279 g/mol. The van der Waals surface area contributed by atoms with Gasteiger partial charge in [-0.3, -0.25) is 0 Å². The summed E-state index contributed by atoms with van der Waals surface area (Å²) in [5, 5.41) is 0. The molecule has 3 heteroatoms. The molecule has 1 aliphatic heterocycles. The zero-order valence-electron chi connectivity index (χ0n) is 13.7. The van der Waals surface area contributed by atoms with Crippen molar-refractivity contribution in [3.63, 3.8) is 0 Å². The summed E-state index contributed by atoms with van der Waals surface area (Å²) < 4.78 is 25.9. The van der Waals surface area contributed by atoms with Crippen molar-refractivity contribution in [3.8, 4) is 11.5 Å². The van der Waals surface area contributed by atoms with Crippen molar-refractivity contribution in [1.82, 2.24) is 0 Å². The van der Waals surface area contributed by atoms with Gasteiger partial charge in [0.25, 0.3) is 0 Å². The van der Waals surface area contributed by atoms with Crippen LogP contribution in [0.4, 0.5) is 4.39 Å². The van der Waals surface area contributed by atoms with E-state index in [4.69, 9.17) is 9.47 Å². The summed E-state index contributed by atoms with van der Waals surface area (Å²) in [6.45, 7) is 4.59. The van der Waals surface area contributed by atoms with E-state index in [2.05, 4.69) is 6.92 Å². The van der Waals surface area contributed by atoms with Gasteiger partial charge in [0.1, 0.15) is 6.10 Å². The van der Waals surface area contributed by atoms with Gasteiger partial charge in [-0.25, -0.2) is 0 Å². The fourth-order valence-electron chi connectivity index (χ4n) is 4.03. The lowest BCUT2D eigenvalue weighted by Gasteiger charge is -2.30. The van der Waals surface area contributed by atoms with E-state index in [1.165, 1.54) is 32.1 Å². The number of unbranched alkanes of at least 4 members (excludes halogenated alkanes) is 2. The Morgan fingerprint density at radius 1 is 1.23 bits per heavy atom. The summed E-state index contributed by atoms with van der Waals surface area (Å²) in [5.41, 5.74) is 1.05. The second kappa shape index (κ2) is 6.89. The Labute approximate surface area is 133 Å². The van der Waals surface area contributed by atoms with Gasteiger partial charge in [-0.1, -0.05) is 38.7 Å². The van der Waals surface area contributed by atoms with Crippen LogP contribution in [0.5, 0.6) is 11.5 Å². The molecule has 0 radical (unpaired) electrons. The molecule has 3 rings (SSSR count). The average Bonchev–Trinajstić information content (AvgIpc) is 2.89. The molecule has 0 saturated heterocycles. The molecule has 122 valence electrons. The maximum absolute atomic E-state index is 14.5. The Balaban J connectivity index is 1.69. The van der Waals surface area contributed by atoms with Crippen LogP contribution in [0.2, 0.25) is 0 Å². The standard InChI is InChI=1S/C19H27FO2/c1-3-5-6-7-13-8-9-14-15-10-11-16(21-4-2)18(20)19(15)22-17(14)12-13/h10-11,13-14,17H,3-9,12H2,1-2H3/t13-,14+,17-/m1/s1. The van der Waals surface area contributed by atoms with Gasteiger partial charge in [0.05, 0.1) is 6.61 Å². The summed E-state index contributed by atoms with van der Waals surface area (Å²) in [5.74, 6) is 1.59. The largest absolute Gasteiger partial charge is 0.491 e. The van der Waals surface area contributed by atoms with Crippen molar-refractivity contribution in [1.29, 1.82) is 0 Å². The Morgan fingerprint density at radius 2 is 2.09 bits per heavy atom. The van der Waals surface area contributed by atoms with E-state index in [1.807, 2.05) is 13.0 Å². The van der Waals surface area contributed by atoms with Crippen molar-refractivity contribution in [2.75, 3.05) is 6.61 Å². The molecule has 1 saturated carbocycles. The van der Waals surface area contributed by atoms with Crippen LogP contribution >= 0.6 is 0 Å². The Morgan fingerprint density at radius 3 is 2.86 bits per heavy atom. The number of rotatable bonds is 6. The third kappa shape index (κ3) is 2.95. The molecule has 1 aliphatic carbocycles. The van der Waals surface area contributed by atoms with Gasteiger partial charge in [0.15, 0.2) is 11.5 Å². The number of ether oxygens (including phenoxy) is 2. The van der Waals surface area contributed by atoms with Crippen molar-refractivity contribution in [3.05, 3.63) is 23.5 Å². The molecule has 0 bridgehead atoms. The summed E-state index contributed by atoms with van der Waals surface area (Å²) in [7, 11) is 0. The molecule has 2 aliphatic rings.